The molecular weight excluding hydrogens is 454 g/mol. The second-order valence-corrected chi connectivity index (χ2v) is 10.1. The number of hydrogen-bond acceptors (Lipinski definition) is 7. The summed E-state index contributed by atoms with van der Waals surface area (Å²) in [6, 6.07) is 13.9. The highest BCUT2D eigenvalue weighted by Crippen LogP contribution is 2.32. The van der Waals surface area contributed by atoms with Crippen molar-refractivity contribution in [3.63, 3.8) is 0 Å². The number of nitrogens with zero attached hydrogens (tertiary/aromatic N) is 3. The van der Waals surface area contributed by atoms with Gasteiger partial charge in [0, 0.05) is 29.9 Å². The number of carbonyl (C=O) groups excluding carboxylic acids is 1. The van der Waals surface area contributed by atoms with Crippen molar-refractivity contribution in [2.24, 2.45) is 0 Å². The molecule has 1 amide bonds. The van der Waals surface area contributed by atoms with Crippen LogP contribution >= 0.6 is 22.7 Å². The fraction of sp³-hybridized carbons (Fsp3) is 0.360. The first-order valence-electron chi connectivity index (χ1n) is 11.4. The van der Waals surface area contributed by atoms with Crippen molar-refractivity contribution in [3.8, 4) is 11.5 Å². The highest BCUT2D eigenvalue weighted by atomic mass is 32.1. The number of aromatic nitrogens is 1. The number of carbonyl (C=O) groups is 1. The zero-order chi connectivity index (χ0) is 22.6. The summed E-state index contributed by atoms with van der Waals surface area (Å²) in [6.45, 7) is 2.66. The van der Waals surface area contributed by atoms with Gasteiger partial charge in [-0.1, -0.05) is 30.7 Å². The molecule has 0 radical (unpaired) electrons. The van der Waals surface area contributed by atoms with Crippen LogP contribution in [0.1, 0.15) is 35.4 Å². The predicted molar refractivity (Wildman–Crippen MR) is 134 cm³/mol. The molecule has 3 aromatic heterocycles. The monoisotopic (exact) mass is 481 g/mol. The van der Waals surface area contributed by atoms with E-state index in [4.69, 9.17) is 9.40 Å². The summed E-state index contributed by atoms with van der Waals surface area (Å²) in [5.41, 5.74) is 1.57. The molecule has 6 nitrogen and oxygen atoms in total. The number of fused-ring (bicyclic) bond motifs is 1. The number of anilines is 1. The van der Waals surface area contributed by atoms with E-state index in [9.17, 15) is 9.90 Å². The Kier molecular flexibility index (Phi) is 6.87. The lowest BCUT2D eigenvalue weighted by atomic mass is 10.0. The number of hydrogen-bond donors (Lipinski definition) is 1. The number of benzene rings is 1. The van der Waals surface area contributed by atoms with E-state index in [0.29, 0.717) is 22.3 Å². The quantitative estimate of drug-likeness (QED) is 0.360. The zero-order valence-corrected chi connectivity index (χ0v) is 20.0. The minimum absolute atomic E-state index is 0.0205. The lowest BCUT2D eigenvalue weighted by Crippen LogP contribution is -2.43. The fourth-order valence-corrected chi connectivity index (χ4v) is 5.93. The Balaban J connectivity index is 1.35. The van der Waals surface area contributed by atoms with Gasteiger partial charge < -0.3 is 9.52 Å². The van der Waals surface area contributed by atoms with Gasteiger partial charge in [0.2, 0.25) is 0 Å². The minimum Gasteiger partial charge on any atom is -0.454 e. The van der Waals surface area contributed by atoms with Crippen LogP contribution in [0.15, 0.2) is 57.6 Å². The van der Waals surface area contributed by atoms with E-state index in [1.807, 2.05) is 53.2 Å². The molecule has 5 rings (SSSR count). The van der Waals surface area contributed by atoms with Crippen molar-refractivity contribution in [3.05, 3.63) is 58.1 Å². The van der Waals surface area contributed by atoms with E-state index < -0.39 is 0 Å². The number of thiophene rings is 1. The van der Waals surface area contributed by atoms with Crippen molar-refractivity contribution in [2.75, 3.05) is 31.1 Å². The number of likely N-dealkylation sites (tertiary alicyclic amines) is 1. The number of para-hydroxylation sites is 1. The molecular formula is C25H27N3O3S2. The Labute approximate surface area is 201 Å². The smallest absolute Gasteiger partial charge is 0.270 e. The number of amides is 1. The Morgan fingerprint density at radius 3 is 2.94 bits per heavy atom. The molecule has 1 N–H and O–H groups in total. The number of thiazole rings is 1. The highest BCUT2D eigenvalue weighted by molar-refractivity contribution is 7.14. The predicted octanol–water partition coefficient (Wildman–Crippen LogP) is 5.50. The number of furan rings is 1. The van der Waals surface area contributed by atoms with E-state index in [2.05, 4.69) is 4.90 Å². The molecule has 1 aliphatic heterocycles. The highest BCUT2D eigenvalue weighted by Gasteiger charge is 2.25. The number of aliphatic hydroxyl groups is 1. The molecule has 0 bridgehead atoms. The third-order valence-electron chi connectivity index (χ3n) is 6.16. The summed E-state index contributed by atoms with van der Waals surface area (Å²) in [5.74, 6) is 0.689. The Bertz CT molecular complexity index is 1170. The Morgan fingerprint density at radius 1 is 1.21 bits per heavy atom. The average molecular weight is 482 g/mol. The number of rotatable bonds is 8. The molecule has 1 aromatic carbocycles. The van der Waals surface area contributed by atoms with Gasteiger partial charge in [-0.05, 0) is 49.4 Å². The van der Waals surface area contributed by atoms with Crippen LogP contribution in [0.25, 0.3) is 22.4 Å². The van der Waals surface area contributed by atoms with Crippen LogP contribution in [-0.2, 0) is 0 Å². The second-order valence-electron chi connectivity index (χ2n) is 8.32. The molecule has 8 heteroatoms. The van der Waals surface area contributed by atoms with Crippen LogP contribution < -0.4 is 4.90 Å². The normalized spacial score (nSPS) is 16.9. The van der Waals surface area contributed by atoms with Gasteiger partial charge in [-0.25, -0.2) is 4.98 Å². The maximum Gasteiger partial charge on any atom is 0.270 e. The van der Waals surface area contributed by atoms with Crippen LogP contribution in [0, 0.1) is 0 Å². The molecule has 0 saturated carbocycles. The van der Waals surface area contributed by atoms with Gasteiger partial charge in [0.25, 0.3) is 5.91 Å². The van der Waals surface area contributed by atoms with Crippen LogP contribution in [-0.4, -0.2) is 53.2 Å². The summed E-state index contributed by atoms with van der Waals surface area (Å²) < 4.78 is 5.98. The summed E-state index contributed by atoms with van der Waals surface area (Å²) in [5, 5.41) is 15.3. The Morgan fingerprint density at radius 2 is 2.12 bits per heavy atom. The van der Waals surface area contributed by atoms with E-state index in [1.54, 1.807) is 4.90 Å². The maximum atomic E-state index is 13.3. The van der Waals surface area contributed by atoms with Crippen LogP contribution in [0.3, 0.4) is 0 Å². The molecule has 0 spiro atoms. The zero-order valence-electron chi connectivity index (χ0n) is 18.4. The van der Waals surface area contributed by atoms with Crippen molar-refractivity contribution in [2.45, 2.75) is 31.7 Å². The molecule has 1 atom stereocenters. The van der Waals surface area contributed by atoms with Crippen molar-refractivity contribution in [1.82, 2.24) is 9.88 Å². The Hall–Kier alpha value is -2.52. The van der Waals surface area contributed by atoms with E-state index in [-0.39, 0.29) is 18.6 Å². The van der Waals surface area contributed by atoms with Gasteiger partial charge in [0.1, 0.15) is 11.3 Å². The summed E-state index contributed by atoms with van der Waals surface area (Å²) in [4.78, 5) is 23.0. The lowest BCUT2D eigenvalue weighted by molar-refractivity contribution is 0.0884. The molecule has 172 valence electrons. The van der Waals surface area contributed by atoms with E-state index in [0.717, 1.165) is 42.6 Å². The van der Waals surface area contributed by atoms with Gasteiger partial charge in [0.15, 0.2) is 10.9 Å². The standard InChI is InChI=1S/C25H27N3O3S2/c29-16-19-8-3-4-11-27(19)12-6-13-28(24(30)23-10-5-14-32-23)25-26-20(17-33-25)22-15-18-7-1-2-9-21(18)31-22/h1-2,5,7,9-10,14-15,17,19,29H,3-4,6,8,11-13,16H2. The van der Waals surface area contributed by atoms with Gasteiger partial charge in [-0.2, -0.15) is 0 Å². The molecule has 33 heavy (non-hydrogen) atoms. The summed E-state index contributed by atoms with van der Waals surface area (Å²) >= 11 is 2.91. The molecule has 1 fully saturated rings. The van der Waals surface area contributed by atoms with Crippen molar-refractivity contribution in [1.29, 1.82) is 0 Å². The van der Waals surface area contributed by atoms with E-state index >= 15 is 0 Å². The van der Waals surface area contributed by atoms with Crippen molar-refractivity contribution < 1.29 is 14.3 Å². The summed E-state index contributed by atoms with van der Waals surface area (Å²) in [7, 11) is 0. The number of piperidine rings is 1. The third kappa shape index (κ3) is 4.89. The topological polar surface area (TPSA) is 69.8 Å². The van der Waals surface area contributed by atoms with Gasteiger partial charge in [0.05, 0.1) is 11.5 Å². The molecule has 1 aliphatic rings. The lowest BCUT2D eigenvalue weighted by Gasteiger charge is -2.34. The first kappa shape index (κ1) is 22.3. The first-order valence-corrected chi connectivity index (χ1v) is 13.1. The van der Waals surface area contributed by atoms with E-state index in [1.165, 1.54) is 35.5 Å². The molecule has 1 saturated heterocycles. The van der Waals surface area contributed by atoms with Crippen LogP contribution in [0.2, 0.25) is 0 Å². The minimum atomic E-state index is -0.0205. The maximum absolute atomic E-state index is 13.3. The van der Waals surface area contributed by atoms with Crippen molar-refractivity contribution >= 4 is 44.7 Å². The van der Waals surface area contributed by atoms with Gasteiger partial charge >= 0.3 is 0 Å². The van der Waals surface area contributed by atoms with Gasteiger partial charge in [-0.3, -0.25) is 14.6 Å². The van der Waals surface area contributed by atoms with Gasteiger partial charge in [-0.15, -0.1) is 22.7 Å². The first-order chi connectivity index (χ1) is 16.2. The SMILES string of the molecule is O=C(c1cccs1)N(CCCN1CCCCC1CO)c1nc(-c2cc3ccccc3o2)cs1. The summed E-state index contributed by atoms with van der Waals surface area (Å²) in [6.07, 6.45) is 4.21. The largest absolute Gasteiger partial charge is 0.454 e. The third-order valence-corrected chi connectivity index (χ3v) is 7.89. The molecule has 4 heterocycles. The van der Waals surface area contributed by atoms with Crippen LogP contribution in [0.4, 0.5) is 5.13 Å². The fourth-order valence-electron chi connectivity index (χ4n) is 4.42. The molecule has 0 aliphatic carbocycles. The number of aliphatic hydroxyl groups excluding tert-OH is 1. The second kappa shape index (κ2) is 10.2. The molecule has 1 unspecified atom stereocenters. The molecule has 4 aromatic rings. The average Bonchev–Trinajstić information content (AvgIpc) is 3.61. The van der Waals surface area contributed by atoms with Crippen LogP contribution in [0.5, 0.6) is 0 Å².